The first-order chi connectivity index (χ1) is 11.9. The molecule has 0 bridgehead atoms. The summed E-state index contributed by atoms with van der Waals surface area (Å²) in [5.41, 5.74) is -0.313. The van der Waals surface area contributed by atoms with Crippen LogP contribution in [0.1, 0.15) is 22.6 Å². The van der Waals surface area contributed by atoms with Gasteiger partial charge in [-0.3, -0.25) is 4.72 Å². The number of aromatic nitrogens is 2. The molecule has 0 fully saturated rings. The molecule has 0 unspecified atom stereocenters. The maximum atomic E-state index is 13.2. The fraction of sp³-hybridized carbons (Fsp3) is 0.0714. The highest BCUT2D eigenvalue weighted by Crippen LogP contribution is 2.35. The van der Waals surface area contributed by atoms with Crippen LogP contribution < -0.4 is 4.72 Å². The summed E-state index contributed by atoms with van der Waals surface area (Å²) in [7, 11) is -4.06. The molecule has 3 rings (SSSR count). The Morgan fingerprint density at radius 2 is 2.04 bits per heavy atom. The van der Waals surface area contributed by atoms with Gasteiger partial charge in [-0.05, 0) is 6.07 Å². The molecule has 0 aliphatic carbocycles. The molecule has 0 spiro atoms. The minimum atomic E-state index is -4.06. The summed E-state index contributed by atoms with van der Waals surface area (Å²) < 4.78 is 53.2. The van der Waals surface area contributed by atoms with Crippen LogP contribution in [0.4, 0.5) is 14.5 Å². The van der Waals surface area contributed by atoms with Crippen LogP contribution in [0.2, 0.25) is 0 Å². The molecular formula is C14H7F2N5O2S2. The number of benzene rings is 1. The van der Waals surface area contributed by atoms with E-state index in [0.29, 0.717) is 11.3 Å². The second kappa shape index (κ2) is 6.12. The monoisotopic (exact) mass is 379 g/mol. The van der Waals surface area contributed by atoms with Crippen molar-refractivity contribution in [3.63, 3.8) is 0 Å². The zero-order valence-electron chi connectivity index (χ0n) is 12.1. The number of aromatic amines is 1. The highest BCUT2D eigenvalue weighted by Gasteiger charge is 2.23. The average molecular weight is 379 g/mol. The lowest BCUT2D eigenvalue weighted by atomic mass is 10.1. The number of nitriles is 2. The lowest BCUT2D eigenvalue weighted by Crippen LogP contribution is -2.12. The summed E-state index contributed by atoms with van der Waals surface area (Å²) in [6.45, 7) is 0. The van der Waals surface area contributed by atoms with E-state index in [9.17, 15) is 17.2 Å². The van der Waals surface area contributed by atoms with Crippen LogP contribution >= 0.6 is 11.3 Å². The van der Waals surface area contributed by atoms with Crippen molar-refractivity contribution in [2.75, 3.05) is 4.72 Å². The van der Waals surface area contributed by atoms with Crippen LogP contribution in [0, 0.1) is 22.7 Å². The van der Waals surface area contributed by atoms with E-state index in [1.165, 1.54) is 12.3 Å². The number of hydrogen-bond acceptors (Lipinski definition) is 6. The number of fused-ring (bicyclic) bond motifs is 1. The van der Waals surface area contributed by atoms with Gasteiger partial charge in [0.05, 0.1) is 23.0 Å². The number of rotatable bonds is 4. The van der Waals surface area contributed by atoms with E-state index in [1.54, 1.807) is 12.1 Å². The third-order valence-corrected chi connectivity index (χ3v) is 6.04. The zero-order chi connectivity index (χ0) is 18.2. The van der Waals surface area contributed by atoms with Crippen molar-refractivity contribution in [1.29, 1.82) is 10.5 Å². The van der Waals surface area contributed by atoms with Gasteiger partial charge < -0.3 is 4.98 Å². The van der Waals surface area contributed by atoms with Gasteiger partial charge in [0.2, 0.25) is 0 Å². The van der Waals surface area contributed by atoms with Gasteiger partial charge in [-0.25, -0.2) is 22.2 Å². The SMILES string of the molecule is N#Cc1ncc(S(=O)(=O)Nc2ccc(C(F)F)c3c(C#N)c[nH]c23)s1. The van der Waals surface area contributed by atoms with Crippen molar-refractivity contribution in [3.05, 3.63) is 40.7 Å². The summed E-state index contributed by atoms with van der Waals surface area (Å²) in [5, 5.41) is 17.7. The smallest absolute Gasteiger partial charge is 0.273 e. The topological polar surface area (TPSA) is 122 Å². The molecule has 0 atom stereocenters. The van der Waals surface area contributed by atoms with E-state index in [0.717, 1.165) is 12.3 Å². The first-order valence-electron chi connectivity index (χ1n) is 6.58. The Morgan fingerprint density at radius 3 is 2.64 bits per heavy atom. The standard InChI is InChI=1S/C14H7F2N5O2S2/c15-14(16)8-1-2-9(13-12(8)7(3-17)5-20-13)21-25(22,23)11-6-19-10(4-18)24-11/h1-2,5-6,14,20-21H. The number of hydrogen-bond donors (Lipinski definition) is 2. The molecule has 25 heavy (non-hydrogen) atoms. The first kappa shape index (κ1) is 16.8. The second-order valence-corrected chi connectivity index (χ2v) is 7.71. The first-order valence-corrected chi connectivity index (χ1v) is 8.88. The fourth-order valence-electron chi connectivity index (χ4n) is 2.26. The normalized spacial score (nSPS) is 11.4. The van der Waals surface area contributed by atoms with Crippen molar-refractivity contribution in [2.24, 2.45) is 0 Å². The molecule has 3 aromatic rings. The van der Waals surface area contributed by atoms with Crippen LogP contribution in [-0.4, -0.2) is 18.4 Å². The van der Waals surface area contributed by atoms with Crippen molar-refractivity contribution >= 4 is 38.0 Å². The second-order valence-electron chi connectivity index (χ2n) is 4.77. The third-order valence-electron chi connectivity index (χ3n) is 3.31. The Hall–Kier alpha value is -3.02. The van der Waals surface area contributed by atoms with E-state index in [4.69, 9.17) is 10.5 Å². The Labute approximate surface area is 144 Å². The molecule has 2 N–H and O–H groups in total. The number of sulfonamides is 1. The minimum Gasteiger partial charge on any atom is -0.358 e. The van der Waals surface area contributed by atoms with Crippen LogP contribution in [0.3, 0.4) is 0 Å². The average Bonchev–Trinajstić information content (AvgIpc) is 3.22. The summed E-state index contributed by atoms with van der Waals surface area (Å²) in [5.74, 6) is 0. The lowest BCUT2D eigenvalue weighted by Gasteiger charge is -2.10. The zero-order valence-corrected chi connectivity index (χ0v) is 13.8. The van der Waals surface area contributed by atoms with Gasteiger partial charge >= 0.3 is 0 Å². The van der Waals surface area contributed by atoms with Gasteiger partial charge in [0.1, 0.15) is 12.1 Å². The maximum absolute atomic E-state index is 13.2. The minimum absolute atomic E-state index is 0.00723. The summed E-state index contributed by atoms with van der Waals surface area (Å²) in [4.78, 5) is 6.29. The van der Waals surface area contributed by atoms with Gasteiger partial charge in [-0.15, -0.1) is 0 Å². The number of halogens is 2. The van der Waals surface area contributed by atoms with Crippen LogP contribution in [0.25, 0.3) is 10.9 Å². The molecule has 0 aliphatic heterocycles. The number of anilines is 1. The van der Waals surface area contributed by atoms with Crippen molar-refractivity contribution in [3.8, 4) is 12.1 Å². The molecule has 0 radical (unpaired) electrons. The predicted molar refractivity (Wildman–Crippen MR) is 85.6 cm³/mol. The van der Waals surface area contributed by atoms with Crippen LogP contribution in [-0.2, 0) is 10.0 Å². The molecule has 7 nitrogen and oxygen atoms in total. The molecule has 11 heteroatoms. The maximum Gasteiger partial charge on any atom is 0.273 e. The molecule has 0 aliphatic rings. The number of nitrogens with zero attached hydrogens (tertiary/aromatic N) is 3. The van der Waals surface area contributed by atoms with E-state index < -0.39 is 16.4 Å². The third kappa shape index (κ3) is 2.91. The van der Waals surface area contributed by atoms with Crippen molar-refractivity contribution in [1.82, 2.24) is 9.97 Å². The van der Waals surface area contributed by atoms with Crippen molar-refractivity contribution < 1.29 is 17.2 Å². The summed E-state index contributed by atoms with van der Waals surface area (Å²) in [6, 6.07) is 5.77. The highest BCUT2D eigenvalue weighted by atomic mass is 32.2. The number of H-pyrrole nitrogens is 1. The van der Waals surface area contributed by atoms with Gasteiger partial charge in [0, 0.05) is 17.1 Å². The molecule has 126 valence electrons. The lowest BCUT2D eigenvalue weighted by molar-refractivity contribution is 0.153. The summed E-state index contributed by atoms with van der Waals surface area (Å²) in [6.07, 6.45) is -0.559. The Morgan fingerprint density at radius 1 is 1.28 bits per heavy atom. The van der Waals surface area contributed by atoms with Gasteiger partial charge in [0.15, 0.2) is 9.22 Å². The largest absolute Gasteiger partial charge is 0.358 e. The number of nitrogens with one attached hydrogen (secondary N) is 2. The molecule has 0 saturated heterocycles. The molecule has 2 aromatic heterocycles. The number of alkyl halides is 2. The van der Waals surface area contributed by atoms with Gasteiger partial charge in [0.25, 0.3) is 16.4 Å². The molecule has 1 aromatic carbocycles. The van der Waals surface area contributed by atoms with Crippen LogP contribution in [0.15, 0.2) is 28.7 Å². The molecule has 0 amide bonds. The van der Waals surface area contributed by atoms with Gasteiger partial charge in [-0.1, -0.05) is 17.4 Å². The van der Waals surface area contributed by atoms with E-state index in [2.05, 4.69) is 14.7 Å². The molecular weight excluding hydrogens is 372 g/mol. The molecule has 2 heterocycles. The van der Waals surface area contributed by atoms with Crippen molar-refractivity contribution in [2.45, 2.75) is 10.6 Å². The highest BCUT2D eigenvalue weighted by molar-refractivity contribution is 7.94. The molecule has 0 saturated carbocycles. The van der Waals surface area contributed by atoms with Crippen LogP contribution in [0.5, 0.6) is 0 Å². The Kier molecular flexibility index (Phi) is 4.12. The van der Waals surface area contributed by atoms with E-state index in [1.807, 2.05) is 0 Å². The fourth-order valence-corrected chi connectivity index (χ4v) is 4.26. The summed E-state index contributed by atoms with van der Waals surface area (Å²) >= 11 is 0.677. The predicted octanol–water partition coefficient (Wildman–Crippen LogP) is 3.11. The Bertz CT molecular complexity index is 1150. The van der Waals surface area contributed by atoms with E-state index >= 15 is 0 Å². The van der Waals surface area contributed by atoms with Gasteiger partial charge in [-0.2, -0.15) is 10.5 Å². The van der Waals surface area contributed by atoms with E-state index in [-0.39, 0.29) is 36.9 Å². The number of thiazole rings is 1. The quantitative estimate of drug-likeness (QED) is 0.721. The Balaban J connectivity index is 2.11.